The quantitative estimate of drug-likeness (QED) is 0.620. The lowest BCUT2D eigenvalue weighted by Gasteiger charge is -2.09. The number of nitrogens with one attached hydrogen (secondary N) is 3. The van der Waals surface area contributed by atoms with Crippen molar-refractivity contribution in [2.45, 2.75) is 6.54 Å². The maximum absolute atomic E-state index is 12.0. The van der Waals surface area contributed by atoms with E-state index >= 15 is 0 Å². The van der Waals surface area contributed by atoms with Crippen molar-refractivity contribution < 1.29 is 9.59 Å². The van der Waals surface area contributed by atoms with E-state index < -0.39 is 11.8 Å². The molecule has 0 radical (unpaired) electrons. The van der Waals surface area contributed by atoms with Crippen LogP contribution >= 0.6 is 0 Å². The van der Waals surface area contributed by atoms with Gasteiger partial charge in [-0.25, -0.2) is 0 Å². The third kappa shape index (κ3) is 4.91. The van der Waals surface area contributed by atoms with E-state index in [1.165, 1.54) is 0 Å². The van der Waals surface area contributed by atoms with Crippen molar-refractivity contribution >= 4 is 28.9 Å². The van der Waals surface area contributed by atoms with Crippen LogP contribution in [0.15, 0.2) is 79.1 Å². The molecule has 130 valence electrons. The number of carbonyl (C=O) groups is 2. The first-order valence-corrected chi connectivity index (χ1v) is 8.11. The van der Waals surface area contributed by atoms with Crippen LogP contribution in [0.3, 0.4) is 0 Å². The van der Waals surface area contributed by atoms with Gasteiger partial charge < -0.3 is 16.0 Å². The minimum atomic E-state index is -0.706. The maximum atomic E-state index is 12.0. The van der Waals surface area contributed by atoms with E-state index in [2.05, 4.69) is 20.9 Å². The molecule has 1 aromatic heterocycles. The summed E-state index contributed by atoms with van der Waals surface area (Å²) in [6.45, 7) is 0.273. The highest BCUT2D eigenvalue weighted by atomic mass is 16.2. The van der Waals surface area contributed by atoms with Crippen LogP contribution < -0.4 is 16.0 Å². The summed E-state index contributed by atoms with van der Waals surface area (Å²) < 4.78 is 0. The maximum Gasteiger partial charge on any atom is 0.313 e. The van der Waals surface area contributed by atoms with Crippen molar-refractivity contribution in [3.05, 3.63) is 84.7 Å². The van der Waals surface area contributed by atoms with Crippen molar-refractivity contribution in [3.63, 3.8) is 0 Å². The van der Waals surface area contributed by atoms with Crippen molar-refractivity contribution in [2.75, 3.05) is 10.6 Å². The van der Waals surface area contributed by atoms with E-state index in [1.54, 1.807) is 36.7 Å². The van der Waals surface area contributed by atoms with E-state index in [-0.39, 0.29) is 6.54 Å². The minimum Gasteiger partial charge on any atom is -0.356 e. The number of pyridine rings is 1. The van der Waals surface area contributed by atoms with E-state index in [0.29, 0.717) is 5.69 Å². The van der Waals surface area contributed by atoms with Gasteiger partial charge in [0.25, 0.3) is 0 Å². The number of aromatic nitrogens is 1. The Balaban J connectivity index is 1.51. The predicted octanol–water partition coefficient (Wildman–Crippen LogP) is 3.08. The number of para-hydroxylation sites is 1. The topological polar surface area (TPSA) is 83.1 Å². The lowest BCUT2D eigenvalue weighted by Crippen LogP contribution is -2.34. The largest absolute Gasteiger partial charge is 0.356 e. The smallest absolute Gasteiger partial charge is 0.313 e. The fraction of sp³-hybridized carbons (Fsp3) is 0.0500. The molecule has 2 aromatic carbocycles. The Labute approximate surface area is 151 Å². The Bertz CT molecular complexity index is 865. The molecule has 6 nitrogen and oxygen atoms in total. The number of carbonyl (C=O) groups excluding carboxylic acids is 2. The van der Waals surface area contributed by atoms with Crippen molar-refractivity contribution in [1.29, 1.82) is 0 Å². The average Bonchev–Trinajstić information content (AvgIpc) is 2.69. The van der Waals surface area contributed by atoms with Gasteiger partial charge in [0, 0.05) is 36.0 Å². The van der Waals surface area contributed by atoms with E-state index in [4.69, 9.17) is 0 Å². The van der Waals surface area contributed by atoms with Gasteiger partial charge in [0.1, 0.15) is 0 Å². The van der Waals surface area contributed by atoms with Crippen LogP contribution in [0, 0.1) is 0 Å². The summed E-state index contributed by atoms with van der Waals surface area (Å²) in [4.78, 5) is 27.7. The molecule has 0 aliphatic carbocycles. The molecule has 0 fully saturated rings. The molecule has 2 amide bonds. The Kier molecular flexibility index (Phi) is 5.57. The summed E-state index contributed by atoms with van der Waals surface area (Å²) in [6.07, 6.45) is 3.26. The van der Waals surface area contributed by atoms with Crippen LogP contribution in [0.4, 0.5) is 17.1 Å². The molecular weight excluding hydrogens is 328 g/mol. The van der Waals surface area contributed by atoms with Crippen LogP contribution in [0.2, 0.25) is 0 Å². The number of hydrogen-bond acceptors (Lipinski definition) is 4. The molecule has 3 aromatic rings. The molecule has 1 heterocycles. The molecule has 3 N–H and O–H groups in total. The van der Waals surface area contributed by atoms with Gasteiger partial charge in [-0.15, -0.1) is 0 Å². The Hall–Kier alpha value is -3.67. The second kappa shape index (κ2) is 8.43. The molecule has 0 atom stereocenters. The molecule has 3 rings (SSSR count). The van der Waals surface area contributed by atoms with Crippen molar-refractivity contribution in [1.82, 2.24) is 10.3 Å². The number of rotatable bonds is 5. The summed E-state index contributed by atoms with van der Waals surface area (Å²) in [5, 5.41) is 8.40. The van der Waals surface area contributed by atoms with Gasteiger partial charge in [0.15, 0.2) is 0 Å². The standard InChI is InChI=1S/C20H18N4O2/c25-19(22-14-15-10-12-21-13-11-15)20(26)24-18-8-6-17(7-9-18)23-16-4-2-1-3-5-16/h1-13,23H,14H2,(H,22,25)(H,24,26). The second-order valence-corrected chi connectivity index (χ2v) is 5.56. The summed E-state index contributed by atoms with van der Waals surface area (Å²) >= 11 is 0. The Morgan fingerprint density at radius 3 is 2.04 bits per heavy atom. The predicted molar refractivity (Wildman–Crippen MR) is 101 cm³/mol. The monoisotopic (exact) mass is 346 g/mol. The number of nitrogens with zero attached hydrogens (tertiary/aromatic N) is 1. The molecule has 6 heteroatoms. The van der Waals surface area contributed by atoms with Gasteiger partial charge in [-0.2, -0.15) is 0 Å². The molecule has 0 aliphatic rings. The number of amides is 2. The molecular formula is C20H18N4O2. The Morgan fingerprint density at radius 1 is 0.731 bits per heavy atom. The van der Waals surface area contributed by atoms with Gasteiger partial charge in [-0.1, -0.05) is 18.2 Å². The highest BCUT2D eigenvalue weighted by Crippen LogP contribution is 2.18. The highest BCUT2D eigenvalue weighted by molar-refractivity contribution is 6.39. The van der Waals surface area contributed by atoms with Crippen LogP contribution in [-0.2, 0) is 16.1 Å². The average molecular weight is 346 g/mol. The number of anilines is 3. The highest BCUT2D eigenvalue weighted by Gasteiger charge is 2.13. The lowest BCUT2D eigenvalue weighted by atomic mass is 10.2. The summed E-state index contributed by atoms with van der Waals surface area (Å²) in [5.74, 6) is -1.39. The molecule has 0 unspecified atom stereocenters. The third-order valence-corrected chi connectivity index (χ3v) is 3.61. The zero-order chi connectivity index (χ0) is 18.2. The molecule has 0 spiro atoms. The first kappa shape index (κ1) is 17.2. The second-order valence-electron chi connectivity index (χ2n) is 5.56. The van der Waals surface area contributed by atoms with Crippen LogP contribution in [0.5, 0.6) is 0 Å². The molecule has 26 heavy (non-hydrogen) atoms. The molecule has 0 bridgehead atoms. The van der Waals surface area contributed by atoms with Gasteiger partial charge >= 0.3 is 11.8 Å². The van der Waals surface area contributed by atoms with Gasteiger partial charge in [0.2, 0.25) is 0 Å². The van der Waals surface area contributed by atoms with Gasteiger partial charge in [-0.05, 0) is 54.1 Å². The Morgan fingerprint density at radius 2 is 1.35 bits per heavy atom. The SMILES string of the molecule is O=C(NCc1ccncc1)C(=O)Nc1ccc(Nc2ccccc2)cc1. The fourth-order valence-corrected chi connectivity index (χ4v) is 2.28. The fourth-order valence-electron chi connectivity index (χ4n) is 2.28. The zero-order valence-corrected chi connectivity index (χ0v) is 14.0. The van der Waals surface area contributed by atoms with Gasteiger partial charge in [0.05, 0.1) is 0 Å². The normalized spacial score (nSPS) is 10.0. The van der Waals surface area contributed by atoms with Crippen LogP contribution in [0.25, 0.3) is 0 Å². The van der Waals surface area contributed by atoms with Crippen molar-refractivity contribution in [2.24, 2.45) is 0 Å². The zero-order valence-electron chi connectivity index (χ0n) is 14.0. The third-order valence-electron chi connectivity index (χ3n) is 3.61. The summed E-state index contributed by atoms with van der Waals surface area (Å²) in [6, 6.07) is 20.4. The van der Waals surface area contributed by atoms with Crippen molar-refractivity contribution in [3.8, 4) is 0 Å². The van der Waals surface area contributed by atoms with Gasteiger partial charge in [-0.3, -0.25) is 14.6 Å². The first-order valence-electron chi connectivity index (χ1n) is 8.11. The van der Waals surface area contributed by atoms with E-state index in [1.807, 2.05) is 42.5 Å². The summed E-state index contributed by atoms with van der Waals surface area (Å²) in [5.41, 5.74) is 3.28. The summed E-state index contributed by atoms with van der Waals surface area (Å²) in [7, 11) is 0. The number of benzene rings is 2. The number of hydrogen-bond donors (Lipinski definition) is 3. The molecule has 0 saturated heterocycles. The van der Waals surface area contributed by atoms with E-state index in [0.717, 1.165) is 16.9 Å². The molecule has 0 saturated carbocycles. The van der Waals surface area contributed by atoms with Crippen LogP contribution in [-0.4, -0.2) is 16.8 Å². The van der Waals surface area contributed by atoms with Crippen LogP contribution in [0.1, 0.15) is 5.56 Å². The van der Waals surface area contributed by atoms with E-state index in [9.17, 15) is 9.59 Å². The lowest BCUT2D eigenvalue weighted by molar-refractivity contribution is -0.136. The first-order chi connectivity index (χ1) is 12.7. The molecule has 0 aliphatic heterocycles. The minimum absolute atomic E-state index is 0.273.